The highest BCUT2D eigenvalue weighted by Gasteiger charge is 2.24. The van der Waals surface area contributed by atoms with Gasteiger partial charge in [-0.2, -0.15) is 4.72 Å². The number of halogens is 1. The highest BCUT2D eigenvalue weighted by Crippen LogP contribution is 2.10. The van der Waals surface area contributed by atoms with Gasteiger partial charge in [-0.1, -0.05) is 30.3 Å². The SMILES string of the molecule is CC(NS(=O)(=O)c1ccccc1)C(=O)N(C)Cc1ccc(F)cc1. The molecule has 128 valence electrons. The predicted octanol–water partition coefficient (Wildman–Crippen LogP) is 2.15. The van der Waals surface area contributed by atoms with E-state index in [1.54, 1.807) is 37.4 Å². The van der Waals surface area contributed by atoms with Crippen molar-refractivity contribution in [3.8, 4) is 0 Å². The van der Waals surface area contributed by atoms with Crippen LogP contribution in [0.3, 0.4) is 0 Å². The molecule has 0 aliphatic carbocycles. The van der Waals surface area contributed by atoms with Crippen molar-refractivity contribution in [2.45, 2.75) is 24.4 Å². The molecule has 2 rings (SSSR count). The number of likely N-dealkylation sites (N-methyl/N-ethyl adjacent to an activating group) is 1. The lowest BCUT2D eigenvalue weighted by molar-refractivity contribution is -0.131. The Morgan fingerprint density at radius 1 is 1.12 bits per heavy atom. The van der Waals surface area contributed by atoms with Crippen LogP contribution in [-0.2, 0) is 21.4 Å². The average molecular weight is 350 g/mol. The van der Waals surface area contributed by atoms with Gasteiger partial charge in [0.05, 0.1) is 10.9 Å². The summed E-state index contributed by atoms with van der Waals surface area (Å²) in [6, 6.07) is 12.7. The monoisotopic (exact) mass is 350 g/mol. The summed E-state index contributed by atoms with van der Waals surface area (Å²) in [6.07, 6.45) is 0. The highest BCUT2D eigenvalue weighted by molar-refractivity contribution is 7.89. The minimum absolute atomic E-state index is 0.103. The topological polar surface area (TPSA) is 66.5 Å². The Morgan fingerprint density at radius 3 is 2.29 bits per heavy atom. The van der Waals surface area contributed by atoms with E-state index in [9.17, 15) is 17.6 Å². The van der Waals surface area contributed by atoms with Gasteiger partial charge in [-0.25, -0.2) is 12.8 Å². The van der Waals surface area contributed by atoms with E-state index in [4.69, 9.17) is 0 Å². The summed E-state index contributed by atoms with van der Waals surface area (Å²) in [6.45, 7) is 1.75. The van der Waals surface area contributed by atoms with Gasteiger partial charge in [0, 0.05) is 13.6 Å². The molecule has 2 aromatic carbocycles. The van der Waals surface area contributed by atoms with Crippen LogP contribution in [0, 0.1) is 5.82 Å². The first-order chi connectivity index (χ1) is 11.3. The largest absolute Gasteiger partial charge is 0.340 e. The van der Waals surface area contributed by atoms with Gasteiger partial charge in [0.2, 0.25) is 15.9 Å². The van der Waals surface area contributed by atoms with Gasteiger partial charge >= 0.3 is 0 Å². The third-order valence-corrected chi connectivity index (χ3v) is 5.02. The molecule has 1 amide bonds. The van der Waals surface area contributed by atoms with Crippen LogP contribution in [0.5, 0.6) is 0 Å². The van der Waals surface area contributed by atoms with Crippen LogP contribution in [0.15, 0.2) is 59.5 Å². The van der Waals surface area contributed by atoms with E-state index in [1.807, 2.05) is 0 Å². The second-order valence-electron chi connectivity index (χ2n) is 5.48. The van der Waals surface area contributed by atoms with Crippen LogP contribution in [0.25, 0.3) is 0 Å². The first kappa shape index (κ1) is 18.1. The lowest BCUT2D eigenvalue weighted by Gasteiger charge is -2.22. The lowest BCUT2D eigenvalue weighted by Crippen LogP contribution is -2.45. The predicted molar refractivity (Wildman–Crippen MR) is 89.1 cm³/mol. The maximum Gasteiger partial charge on any atom is 0.241 e. The summed E-state index contributed by atoms with van der Waals surface area (Å²) in [5.41, 5.74) is 0.755. The Labute approximate surface area is 141 Å². The van der Waals surface area contributed by atoms with Gasteiger partial charge in [-0.3, -0.25) is 4.79 Å². The number of hydrogen-bond acceptors (Lipinski definition) is 3. The van der Waals surface area contributed by atoms with E-state index in [1.165, 1.54) is 36.1 Å². The fourth-order valence-electron chi connectivity index (χ4n) is 2.22. The van der Waals surface area contributed by atoms with Crippen LogP contribution in [0.1, 0.15) is 12.5 Å². The van der Waals surface area contributed by atoms with Crippen molar-refractivity contribution in [1.82, 2.24) is 9.62 Å². The molecule has 0 saturated carbocycles. The molecule has 0 heterocycles. The minimum Gasteiger partial charge on any atom is -0.340 e. The standard InChI is InChI=1S/C17H19FN2O3S/c1-13(19-24(22,23)16-6-4-3-5-7-16)17(21)20(2)12-14-8-10-15(18)11-9-14/h3-11,13,19H,12H2,1-2H3. The first-order valence-corrected chi connectivity index (χ1v) is 8.85. The van der Waals surface area contributed by atoms with Crippen LogP contribution >= 0.6 is 0 Å². The molecular weight excluding hydrogens is 331 g/mol. The molecule has 0 aliphatic heterocycles. The number of carbonyl (C=O) groups is 1. The Hall–Kier alpha value is -2.25. The van der Waals surface area contributed by atoms with Gasteiger partial charge in [0.15, 0.2) is 0 Å². The Bertz CT molecular complexity index is 792. The molecule has 0 aromatic heterocycles. The van der Waals surface area contributed by atoms with E-state index in [-0.39, 0.29) is 23.2 Å². The molecule has 24 heavy (non-hydrogen) atoms. The molecular formula is C17H19FN2O3S. The van der Waals surface area contributed by atoms with E-state index in [0.29, 0.717) is 0 Å². The number of rotatable bonds is 6. The van der Waals surface area contributed by atoms with E-state index < -0.39 is 16.1 Å². The van der Waals surface area contributed by atoms with Crippen molar-refractivity contribution >= 4 is 15.9 Å². The molecule has 0 fully saturated rings. The normalized spacial score (nSPS) is 12.6. The Kier molecular flexibility index (Phi) is 5.69. The van der Waals surface area contributed by atoms with Crippen molar-refractivity contribution in [1.29, 1.82) is 0 Å². The summed E-state index contributed by atoms with van der Waals surface area (Å²) in [5, 5.41) is 0. The first-order valence-electron chi connectivity index (χ1n) is 7.36. The second-order valence-corrected chi connectivity index (χ2v) is 7.19. The third kappa shape index (κ3) is 4.62. The van der Waals surface area contributed by atoms with Crippen LogP contribution in [0.2, 0.25) is 0 Å². The number of nitrogens with one attached hydrogen (secondary N) is 1. The molecule has 0 radical (unpaired) electrons. The molecule has 1 unspecified atom stereocenters. The minimum atomic E-state index is -3.76. The third-order valence-electron chi connectivity index (χ3n) is 3.47. The highest BCUT2D eigenvalue weighted by atomic mass is 32.2. The zero-order chi connectivity index (χ0) is 17.7. The quantitative estimate of drug-likeness (QED) is 0.868. The molecule has 2 aromatic rings. The van der Waals surface area contributed by atoms with Crippen LogP contribution in [0.4, 0.5) is 4.39 Å². The molecule has 0 spiro atoms. The number of benzene rings is 2. The zero-order valence-electron chi connectivity index (χ0n) is 13.4. The van der Waals surface area contributed by atoms with Crippen molar-refractivity contribution in [3.63, 3.8) is 0 Å². The fraction of sp³-hybridized carbons (Fsp3) is 0.235. The van der Waals surface area contributed by atoms with Gasteiger partial charge < -0.3 is 4.90 Å². The molecule has 0 bridgehead atoms. The van der Waals surface area contributed by atoms with Crippen LogP contribution < -0.4 is 4.72 Å². The van der Waals surface area contributed by atoms with E-state index in [0.717, 1.165) is 5.56 Å². The van der Waals surface area contributed by atoms with Crippen LogP contribution in [-0.4, -0.2) is 32.3 Å². The fourth-order valence-corrected chi connectivity index (χ4v) is 3.44. The number of sulfonamides is 1. The molecule has 0 aliphatic rings. The second kappa shape index (κ2) is 7.55. The number of nitrogens with zero attached hydrogens (tertiary/aromatic N) is 1. The molecule has 0 saturated heterocycles. The summed E-state index contributed by atoms with van der Waals surface area (Å²) in [7, 11) is -2.20. The summed E-state index contributed by atoms with van der Waals surface area (Å²) in [4.78, 5) is 13.8. The zero-order valence-corrected chi connectivity index (χ0v) is 14.3. The average Bonchev–Trinajstić information content (AvgIpc) is 2.56. The smallest absolute Gasteiger partial charge is 0.241 e. The maximum atomic E-state index is 12.9. The number of hydrogen-bond donors (Lipinski definition) is 1. The lowest BCUT2D eigenvalue weighted by atomic mass is 10.2. The van der Waals surface area contributed by atoms with Crippen molar-refractivity contribution in [2.75, 3.05) is 7.05 Å². The summed E-state index contributed by atoms with van der Waals surface area (Å²) >= 11 is 0. The summed E-state index contributed by atoms with van der Waals surface area (Å²) in [5.74, 6) is -0.726. The van der Waals surface area contributed by atoms with Crippen molar-refractivity contribution in [2.24, 2.45) is 0 Å². The molecule has 7 heteroatoms. The summed E-state index contributed by atoms with van der Waals surface area (Å²) < 4.78 is 39.8. The van der Waals surface area contributed by atoms with Gasteiger partial charge in [0.1, 0.15) is 5.82 Å². The van der Waals surface area contributed by atoms with Crippen molar-refractivity contribution in [3.05, 3.63) is 66.0 Å². The Morgan fingerprint density at radius 2 is 1.71 bits per heavy atom. The van der Waals surface area contributed by atoms with Gasteiger partial charge in [-0.15, -0.1) is 0 Å². The molecule has 1 atom stereocenters. The Balaban J connectivity index is 2.02. The number of amides is 1. The van der Waals surface area contributed by atoms with E-state index >= 15 is 0 Å². The number of carbonyl (C=O) groups excluding carboxylic acids is 1. The van der Waals surface area contributed by atoms with Gasteiger partial charge in [-0.05, 0) is 36.8 Å². The van der Waals surface area contributed by atoms with Crippen molar-refractivity contribution < 1.29 is 17.6 Å². The molecule has 5 nitrogen and oxygen atoms in total. The van der Waals surface area contributed by atoms with E-state index in [2.05, 4.69) is 4.72 Å². The molecule has 1 N–H and O–H groups in total. The van der Waals surface area contributed by atoms with Gasteiger partial charge in [0.25, 0.3) is 0 Å². The maximum absolute atomic E-state index is 12.9.